The van der Waals surface area contributed by atoms with E-state index in [4.69, 9.17) is 4.74 Å². The van der Waals surface area contributed by atoms with E-state index in [1.807, 2.05) is 44.2 Å². The van der Waals surface area contributed by atoms with E-state index >= 15 is 0 Å². The van der Waals surface area contributed by atoms with Crippen molar-refractivity contribution in [1.29, 1.82) is 0 Å². The van der Waals surface area contributed by atoms with Crippen LogP contribution >= 0.6 is 0 Å². The minimum atomic E-state index is -2.15. The van der Waals surface area contributed by atoms with Gasteiger partial charge in [-0.1, -0.05) is 88.4 Å². The number of methoxy groups -OCH3 is 1. The fourth-order valence-electron chi connectivity index (χ4n) is 5.42. The molecule has 55 heavy (non-hydrogen) atoms. The predicted molar refractivity (Wildman–Crippen MR) is 202 cm³/mol. The molecular formula is C39H57N5O11. The summed E-state index contributed by atoms with van der Waals surface area (Å²) < 4.78 is 4.91. The standard InChI is InChI=1S/C39H57N5O11/c1-23(2)31(46)32(47)33(48)34(49)35(50)38(53)40-19-13-12-18-27(39(54)55-5)43-37(52)29(21-26-16-10-7-11-17-26)44-36(51)28(20-25-14-8-6-9-15-25)42-30(45)22-41-24(3)4/h6-11,14-17,23-24,27-29,32-35,41,47-50H,12-13,18-22H2,1-5H3,(H,40,53)(H,42,45)(H,43,52)(H,44,51)/t27-,28-,29-,32?,33?,34?,35?/m0/s1. The summed E-state index contributed by atoms with van der Waals surface area (Å²) in [5, 5.41) is 54.0. The van der Waals surface area contributed by atoms with E-state index in [-0.39, 0.29) is 51.2 Å². The Hall–Kier alpha value is -4.74. The average molecular weight is 772 g/mol. The highest BCUT2D eigenvalue weighted by atomic mass is 16.5. The maximum Gasteiger partial charge on any atom is 0.328 e. The molecule has 2 rings (SSSR count). The molecule has 0 heterocycles. The first-order valence-electron chi connectivity index (χ1n) is 18.4. The van der Waals surface area contributed by atoms with E-state index in [1.165, 1.54) is 13.8 Å². The molecule has 0 aliphatic carbocycles. The van der Waals surface area contributed by atoms with E-state index in [1.54, 1.807) is 30.3 Å². The summed E-state index contributed by atoms with van der Waals surface area (Å²) in [6, 6.07) is 14.7. The first-order chi connectivity index (χ1) is 26.0. The van der Waals surface area contributed by atoms with Crippen molar-refractivity contribution < 1.29 is 53.9 Å². The number of carbonyl (C=O) groups is 6. The van der Waals surface area contributed by atoms with Crippen molar-refractivity contribution in [3.05, 3.63) is 71.8 Å². The second-order valence-corrected chi connectivity index (χ2v) is 13.9. The lowest BCUT2D eigenvalue weighted by Gasteiger charge is -2.26. The summed E-state index contributed by atoms with van der Waals surface area (Å²) in [5.41, 5.74) is 1.50. The first-order valence-corrected chi connectivity index (χ1v) is 18.4. The number of ether oxygens (including phenoxy) is 1. The molecular weight excluding hydrogens is 714 g/mol. The molecule has 0 bridgehead atoms. The Kier molecular flexibility index (Phi) is 20.2. The number of esters is 1. The van der Waals surface area contributed by atoms with Crippen molar-refractivity contribution >= 4 is 35.4 Å². The van der Waals surface area contributed by atoms with Gasteiger partial charge >= 0.3 is 5.97 Å². The first kappa shape index (κ1) is 46.4. The summed E-state index contributed by atoms with van der Waals surface area (Å²) in [7, 11) is 1.16. The average Bonchev–Trinajstić information content (AvgIpc) is 3.17. The molecule has 7 atom stereocenters. The van der Waals surface area contributed by atoms with Gasteiger partial charge in [0, 0.05) is 31.3 Å². The molecule has 16 nitrogen and oxygen atoms in total. The number of hydrogen-bond acceptors (Lipinski definition) is 12. The number of aliphatic hydroxyl groups excluding tert-OH is 4. The highest BCUT2D eigenvalue weighted by Crippen LogP contribution is 2.12. The maximum atomic E-state index is 13.8. The third kappa shape index (κ3) is 16.3. The number of benzene rings is 2. The Morgan fingerprint density at radius 2 is 1.13 bits per heavy atom. The quantitative estimate of drug-likeness (QED) is 0.0463. The molecule has 0 aromatic heterocycles. The number of Topliss-reactive ketones (excluding diaryl/α,β-unsaturated/α-hetero) is 1. The zero-order chi connectivity index (χ0) is 41.1. The van der Waals surface area contributed by atoms with Gasteiger partial charge in [-0.25, -0.2) is 4.79 Å². The van der Waals surface area contributed by atoms with Crippen LogP contribution in [0, 0.1) is 5.92 Å². The predicted octanol–water partition coefficient (Wildman–Crippen LogP) is -0.948. The van der Waals surface area contributed by atoms with Crippen molar-refractivity contribution in [3.63, 3.8) is 0 Å². The minimum absolute atomic E-state index is 0.0228. The van der Waals surface area contributed by atoms with Gasteiger partial charge in [-0.15, -0.1) is 0 Å². The third-order valence-corrected chi connectivity index (χ3v) is 8.67. The summed E-state index contributed by atoms with van der Waals surface area (Å²) in [4.78, 5) is 77.5. The molecule has 4 amide bonds. The molecule has 0 fully saturated rings. The van der Waals surface area contributed by atoms with Crippen molar-refractivity contribution in [1.82, 2.24) is 26.6 Å². The van der Waals surface area contributed by atoms with E-state index in [2.05, 4.69) is 26.6 Å². The van der Waals surface area contributed by atoms with Crippen LogP contribution in [0.2, 0.25) is 0 Å². The van der Waals surface area contributed by atoms with Crippen LogP contribution in [-0.2, 0) is 46.3 Å². The highest BCUT2D eigenvalue weighted by Gasteiger charge is 2.38. The topological polar surface area (TPSA) is 253 Å². The number of amides is 4. The second kappa shape index (κ2) is 23.9. The lowest BCUT2D eigenvalue weighted by molar-refractivity contribution is -0.155. The smallest absolute Gasteiger partial charge is 0.328 e. The number of unbranched alkanes of at least 4 members (excludes halogenated alkanes) is 1. The molecule has 9 N–H and O–H groups in total. The Balaban J connectivity index is 2.11. The maximum absolute atomic E-state index is 13.8. The molecule has 0 spiro atoms. The Morgan fingerprint density at radius 1 is 0.636 bits per heavy atom. The molecule has 0 aliphatic heterocycles. The number of nitrogens with one attached hydrogen (secondary N) is 5. The molecule has 0 aliphatic rings. The van der Waals surface area contributed by atoms with Gasteiger partial charge in [-0.2, -0.15) is 0 Å². The van der Waals surface area contributed by atoms with Crippen molar-refractivity contribution in [3.8, 4) is 0 Å². The van der Waals surface area contributed by atoms with Gasteiger partial charge in [-0.05, 0) is 30.4 Å². The zero-order valence-corrected chi connectivity index (χ0v) is 32.1. The zero-order valence-electron chi connectivity index (χ0n) is 32.1. The summed E-state index contributed by atoms with van der Waals surface area (Å²) in [6.45, 7) is 6.66. The molecule has 2 aromatic rings. The Labute approximate surface area is 321 Å². The molecule has 0 radical (unpaired) electrons. The van der Waals surface area contributed by atoms with E-state index in [0.717, 1.165) is 18.2 Å². The molecule has 4 unspecified atom stereocenters. The van der Waals surface area contributed by atoms with Gasteiger partial charge in [0.2, 0.25) is 17.7 Å². The van der Waals surface area contributed by atoms with Crippen molar-refractivity contribution in [2.24, 2.45) is 5.92 Å². The van der Waals surface area contributed by atoms with E-state index in [0.29, 0.717) is 0 Å². The van der Waals surface area contributed by atoms with Crippen LogP contribution in [0.4, 0.5) is 0 Å². The second-order valence-electron chi connectivity index (χ2n) is 13.9. The van der Waals surface area contributed by atoms with Gasteiger partial charge < -0.3 is 51.7 Å². The number of aliphatic hydroxyl groups is 4. The molecule has 2 aromatic carbocycles. The van der Waals surface area contributed by atoms with Gasteiger partial charge in [0.15, 0.2) is 11.9 Å². The fourth-order valence-corrected chi connectivity index (χ4v) is 5.42. The van der Waals surface area contributed by atoms with E-state index < -0.39 is 83.8 Å². The summed E-state index contributed by atoms with van der Waals surface area (Å²) >= 11 is 0. The molecule has 16 heteroatoms. The van der Waals surface area contributed by atoms with Crippen LogP contribution in [0.1, 0.15) is 58.1 Å². The van der Waals surface area contributed by atoms with Crippen molar-refractivity contribution in [2.75, 3.05) is 20.2 Å². The summed E-state index contributed by atoms with van der Waals surface area (Å²) in [5.74, 6) is -4.95. The van der Waals surface area contributed by atoms with Crippen LogP contribution in [0.25, 0.3) is 0 Å². The molecule has 304 valence electrons. The van der Waals surface area contributed by atoms with Crippen LogP contribution in [0.15, 0.2) is 60.7 Å². The van der Waals surface area contributed by atoms with Gasteiger partial charge in [-0.3, -0.25) is 24.0 Å². The SMILES string of the molecule is COC(=O)[C@H](CCCCNC(=O)C(O)C(O)C(O)C(O)C(=O)C(C)C)NC(=O)[C@H](Cc1ccccc1)NC(=O)[C@H](Cc1ccccc1)NC(=O)CNC(C)C. The lowest BCUT2D eigenvalue weighted by atomic mass is 9.94. The normalized spacial score (nSPS) is 15.1. The summed E-state index contributed by atoms with van der Waals surface area (Å²) in [6.07, 6.45) is -7.63. The minimum Gasteiger partial charge on any atom is -0.467 e. The number of rotatable bonds is 24. The van der Waals surface area contributed by atoms with E-state index in [9.17, 15) is 49.2 Å². The van der Waals surface area contributed by atoms with Crippen LogP contribution in [-0.4, -0.2) is 125 Å². The molecule has 0 saturated carbocycles. The van der Waals surface area contributed by atoms with Gasteiger partial charge in [0.1, 0.15) is 36.4 Å². The lowest BCUT2D eigenvalue weighted by Crippen LogP contribution is -2.57. The monoisotopic (exact) mass is 771 g/mol. The van der Waals surface area contributed by atoms with Gasteiger partial charge in [0.25, 0.3) is 5.91 Å². The van der Waals surface area contributed by atoms with Crippen LogP contribution in [0.5, 0.6) is 0 Å². The fraction of sp³-hybridized carbons (Fsp3) is 0.538. The molecule has 0 saturated heterocycles. The van der Waals surface area contributed by atoms with Crippen LogP contribution in [0.3, 0.4) is 0 Å². The van der Waals surface area contributed by atoms with Crippen molar-refractivity contribution in [2.45, 2.75) is 108 Å². The number of carbonyl (C=O) groups excluding carboxylic acids is 6. The Morgan fingerprint density at radius 3 is 1.62 bits per heavy atom. The third-order valence-electron chi connectivity index (χ3n) is 8.67. The number of ketones is 1. The van der Waals surface area contributed by atoms with Gasteiger partial charge in [0.05, 0.1) is 13.7 Å². The van der Waals surface area contributed by atoms with Crippen LogP contribution < -0.4 is 26.6 Å². The number of hydrogen-bond donors (Lipinski definition) is 9. The largest absolute Gasteiger partial charge is 0.467 e. The highest BCUT2D eigenvalue weighted by molar-refractivity contribution is 5.94. The Bertz CT molecular complexity index is 1530.